The third kappa shape index (κ3) is 4.37. The lowest BCUT2D eigenvalue weighted by molar-refractivity contribution is -0.385. The molecule has 0 saturated carbocycles. The van der Waals surface area contributed by atoms with Crippen LogP contribution in [-0.4, -0.2) is 22.4 Å². The lowest BCUT2D eigenvalue weighted by Gasteiger charge is -2.08. The van der Waals surface area contributed by atoms with E-state index < -0.39 is 10.8 Å². The van der Waals surface area contributed by atoms with Gasteiger partial charge in [0.2, 0.25) is 5.89 Å². The number of nitrogens with one attached hydrogen (secondary N) is 1. The molecule has 4 aromatic rings. The van der Waals surface area contributed by atoms with E-state index in [4.69, 9.17) is 9.15 Å². The van der Waals surface area contributed by atoms with Crippen molar-refractivity contribution >= 4 is 28.4 Å². The predicted molar refractivity (Wildman–Crippen MR) is 116 cm³/mol. The molecule has 1 N–H and O–H groups in total. The van der Waals surface area contributed by atoms with E-state index in [1.807, 2.05) is 26.0 Å². The Morgan fingerprint density at radius 3 is 2.61 bits per heavy atom. The summed E-state index contributed by atoms with van der Waals surface area (Å²) < 4.78 is 11.2. The first-order valence-corrected chi connectivity index (χ1v) is 9.55. The summed E-state index contributed by atoms with van der Waals surface area (Å²) >= 11 is 0. The van der Waals surface area contributed by atoms with Crippen LogP contribution in [0.15, 0.2) is 65.1 Å². The molecule has 0 fully saturated rings. The number of carbonyl (C=O) groups excluding carboxylic acids is 1. The highest BCUT2D eigenvalue weighted by atomic mass is 16.6. The zero-order valence-electron chi connectivity index (χ0n) is 16.9. The van der Waals surface area contributed by atoms with Gasteiger partial charge in [-0.2, -0.15) is 0 Å². The standard InChI is InChI=1S/C23H19N3O5/c1-14-11-15(2)22-18(12-14)25-23(31-22)16-7-9-17(10-8-16)24-21(27)13-30-20-6-4-3-5-19(20)26(28)29/h3-12H,13H2,1-2H3,(H,24,27). The number of hydrogen-bond acceptors (Lipinski definition) is 6. The normalized spacial score (nSPS) is 10.8. The Hall–Kier alpha value is -4.20. The van der Waals surface area contributed by atoms with E-state index >= 15 is 0 Å². The maximum atomic E-state index is 12.2. The van der Waals surface area contributed by atoms with Crippen LogP contribution >= 0.6 is 0 Å². The van der Waals surface area contributed by atoms with Crippen LogP contribution in [0.25, 0.3) is 22.6 Å². The minimum absolute atomic E-state index is 0.0412. The molecule has 1 heterocycles. The molecule has 0 aliphatic rings. The molecule has 0 unspecified atom stereocenters. The molecule has 0 aliphatic heterocycles. The fourth-order valence-corrected chi connectivity index (χ4v) is 3.27. The van der Waals surface area contributed by atoms with Crippen LogP contribution in [0.1, 0.15) is 11.1 Å². The number of hydrogen-bond donors (Lipinski definition) is 1. The van der Waals surface area contributed by atoms with Crippen molar-refractivity contribution in [2.75, 3.05) is 11.9 Å². The van der Waals surface area contributed by atoms with Crippen molar-refractivity contribution in [1.82, 2.24) is 4.98 Å². The Kier molecular flexibility index (Phi) is 5.36. The number of benzene rings is 3. The Labute approximate surface area is 177 Å². The predicted octanol–water partition coefficient (Wildman–Crippen LogP) is 5.04. The number of oxazole rings is 1. The molecule has 4 rings (SSSR count). The summed E-state index contributed by atoms with van der Waals surface area (Å²) in [7, 11) is 0. The molecule has 0 atom stereocenters. The van der Waals surface area contributed by atoms with Crippen molar-refractivity contribution < 1.29 is 18.9 Å². The Balaban J connectivity index is 1.42. The van der Waals surface area contributed by atoms with Crippen LogP contribution in [-0.2, 0) is 4.79 Å². The smallest absolute Gasteiger partial charge is 0.310 e. The van der Waals surface area contributed by atoms with Gasteiger partial charge in [-0.15, -0.1) is 0 Å². The van der Waals surface area contributed by atoms with Gasteiger partial charge in [-0.05, 0) is 61.4 Å². The maximum Gasteiger partial charge on any atom is 0.310 e. The number of nitro benzene ring substituents is 1. The number of nitrogens with zero attached hydrogens (tertiary/aromatic N) is 2. The molecule has 156 valence electrons. The first-order chi connectivity index (χ1) is 14.9. The first kappa shape index (κ1) is 20.1. The van der Waals surface area contributed by atoms with Crippen LogP contribution in [0.3, 0.4) is 0 Å². The number of aryl methyl sites for hydroxylation is 2. The minimum Gasteiger partial charge on any atom is -0.477 e. The Morgan fingerprint density at radius 2 is 1.87 bits per heavy atom. The average molecular weight is 417 g/mol. The van der Waals surface area contributed by atoms with Crippen molar-refractivity contribution in [3.05, 3.63) is 81.9 Å². The van der Waals surface area contributed by atoms with E-state index in [0.29, 0.717) is 11.6 Å². The van der Waals surface area contributed by atoms with Crippen molar-refractivity contribution in [3.63, 3.8) is 0 Å². The molecular formula is C23H19N3O5. The van der Waals surface area contributed by atoms with Crippen molar-refractivity contribution in [2.45, 2.75) is 13.8 Å². The molecule has 0 saturated heterocycles. The maximum absolute atomic E-state index is 12.2. The van der Waals surface area contributed by atoms with Gasteiger partial charge in [0, 0.05) is 17.3 Å². The van der Waals surface area contributed by atoms with Gasteiger partial charge in [-0.3, -0.25) is 14.9 Å². The highest BCUT2D eigenvalue weighted by molar-refractivity contribution is 5.92. The topological polar surface area (TPSA) is 108 Å². The van der Waals surface area contributed by atoms with E-state index in [-0.39, 0.29) is 18.0 Å². The zero-order valence-corrected chi connectivity index (χ0v) is 16.9. The molecule has 8 nitrogen and oxygen atoms in total. The fourth-order valence-electron chi connectivity index (χ4n) is 3.27. The van der Waals surface area contributed by atoms with Crippen molar-refractivity contribution in [1.29, 1.82) is 0 Å². The summed E-state index contributed by atoms with van der Waals surface area (Å²) in [5, 5.41) is 13.7. The summed E-state index contributed by atoms with van der Waals surface area (Å²) in [6.07, 6.45) is 0. The average Bonchev–Trinajstić information content (AvgIpc) is 3.17. The van der Waals surface area contributed by atoms with Crippen LogP contribution < -0.4 is 10.1 Å². The second kappa shape index (κ2) is 8.27. The zero-order chi connectivity index (χ0) is 22.0. The van der Waals surface area contributed by atoms with Crippen molar-refractivity contribution in [3.8, 4) is 17.2 Å². The van der Waals surface area contributed by atoms with Crippen LogP contribution in [0.5, 0.6) is 5.75 Å². The Bertz CT molecular complexity index is 1280. The molecule has 0 spiro atoms. The second-order valence-corrected chi connectivity index (χ2v) is 7.09. The molecule has 0 radical (unpaired) electrons. The lowest BCUT2D eigenvalue weighted by atomic mass is 10.1. The third-order valence-electron chi connectivity index (χ3n) is 4.66. The van der Waals surface area contributed by atoms with Gasteiger partial charge in [-0.25, -0.2) is 4.98 Å². The van der Waals surface area contributed by atoms with Gasteiger partial charge in [0.15, 0.2) is 17.9 Å². The minimum atomic E-state index is -0.555. The number of anilines is 1. The number of amides is 1. The molecule has 3 aromatic carbocycles. The summed E-state index contributed by atoms with van der Waals surface area (Å²) in [6.45, 7) is 3.64. The third-order valence-corrected chi connectivity index (χ3v) is 4.66. The van der Waals surface area contributed by atoms with E-state index in [2.05, 4.69) is 10.3 Å². The molecule has 8 heteroatoms. The van der Waals surface area contributed by atoms with Crippen LogP contribution in [0, 0.1) is 24.0 Å². The fraction of sp³-hybridized carbons (Fsp3) is 0.130. The number of para-hydroxylation sites is 2. The quantitative estimate of drug-likeness (QED) is 0.348. The van der Waals surface area contributed by atoms with Gasteiger partial charge in [-0.1, -0.05) is 18.2 Å². The highest BCUT2D eigenvalue weighted by Gasteiger charge is 2.15. The lowest BCUT2D eigenvalue weighted by Crippen LogP contribution is -2.20. The Morgan fingerprint density at radius 1 is 1.13 bits per heavy atom. The SMILES string of the molecule is Cc1cc(C)c2oc(-c3ccc(NC(=O)COc4ccccc4[N+](=O)[O-])cc3)nc2c1. The van der Waals surface area contributed by atoms with Crippen molar-refractivity contribution in [2.24, 2.45) is 0 Å². The number of ether oxygens (including phenoxy) is 1. The number of fused-ring (bicyclic) bond motifs is 1. The molecular weight excluding hydrogens is 398 g/mol. The number of carbonyl (C=O) groups is 1. The monoisotopic (exact) mass is 417 g/mol. The summed E-state index contributed by atoms with van der Waals surface area (Å²) in [6, 6.07) is 17.0. The summed E-state index contributed by atoms with van der Waals surface area (Å²) in [5.41, 5.74) is 4.85. The van der Waals surface area contributed by atoms with Crippen LogP contribution in [0.4, 0.5) is 11.4 Å². The molecule has 0 aliphatic carbocycles. The molecule has 1 aromatic heterocycles. The largest absolute Gasteiger partial charge is 0.477 e. The van der Waals surface area contributed by atoms with Gasteiger partial charge in [0.1, 0.15) is 5.52 Å². The molecule has 0 bridgehead atoms. The highest BCUT2D eigenvalue weighted by Crippen LogP contribution is 2.28. The van der Waals surface area contributed by atoms with E-state index in [0.717, 1.165) is 27.8 Å². The summed E-state index contributed by atoms with van der Waals surface area (Å²) in [5.74, 6) is 0.111. The number of nitro groups is 1. The van der Waals surface area contributed by atoms with Gasteiger partial charge >= 0.3 is 5.69 Å². The van der Waals surface area contributed by atoms with Gasteiger partial charge < -0.3 is 14.5 Å². The van der Waals surface area contributed by atoms with Gasteiger partial charge in [0.25, 0.3) is 5.91 Å². The second-order valence-electron chi connectivity index (χ2n) is 7.09. The number of aromatic nitrogens is 1. The number of rotatable bonds is 6. The molecule has 31 heavy (non-hydrogen) atoms. The van der Waals surface area contributed by atoms with Gasteiger partial charge in [0.05, 0.1) is 4.92 Å². The molecule has 1 amide bonds. The first-order valence-electron chi connectivity index (χ1n) is 9.55. The van der Waals surface area contributed by atoms with E-state index in [1.165, 1.54) is 18.2 Å². The summed E-state index contributed by atoms with van der Waals surface area (Å²) in [4.78, 5) is 27.2. The van der Waals surface area contributed by atoms with E-state index in [1.54, 1.807) is 30.3 Å². The van der Waals surface area contributed by atoms with E-state index in [9.17, 15) is 14.9 Å². The van der Waals surface area contributed by atoms with Crippen LogP contribution in [0.2, 0.25) is 0 Å².